The fourth-order valence-electron chi connectivity index (χ4n) is 10.1. The molecule has 2 aromatic heterocycles. The first-order valence-corrected chi connectivity index (χ1v) is 20.8. The monoisotopic (exact) mass is 896 g/mol. The number of fused-ring (bicyclic) bond motifs is 5. The van der Waals surface area contributed by atoms with Crippen molar-refractivity contribution >= 4 is 68.2 Å². The summed E-state index contributed by atoms with van der Waals surface area (Å²) in [6.07, 6.45) is -8.97. The van der Waals surface area contributed by atoms with Crippen LogP contribution in [0.25, 0.3) is 20.7 Å². The van der Waals surface area contributed by atoms with E-state index in [4.69, 9.17) is 21.4 Å². The summed E-state index contributed by atoms with van der Waals surface area (Å²) in [6, 6.07) is 14.5. The van der Waals surface area contributed by atoms with Crippen molar-refractivity contribution in [3.8, 4) is 16.3 Å². The largest absolute Gasteiger partial charge is 0.491 e. The number of carbonyl (C=O) groups is 4. The molecule has 4 amide bonds. The van der Waals surface area contributed by atoms with Crippen molar-refractivity contribution in [2.75, 3.05) is 23.0 Å². The molecular weight excluding hydrogens is 862 g/mol. The first kappa shape index (κ1) is 41.8. The van der Waals surface area contributed by atoms with E-state index in [1.54, 1.807) is 56.4 Å². The zero-order chi connectivity index (χ0) is 44.4. The third-order valence-electron chi connectivity index (χ3n) is 12.9. The van der Waals surface area contributed by atoms with Crippen molar-refractivity contribution in [1.29, 1.82) is 0 Å². The molecule has 1 N–H and O–H groups in total. The summed E-state index contributed by atoms with van der Waals surface area (Å²) in [7, 11) is 1.61. The molecule has 6 atom stereocenters. The smallest absolute Gasteiger partial charge is 0.416 e. The van der Waals surface area contributed by atoms with E-state index in [2.05, 4.69) is 0 Å². The number of amides is 4. The van der Waals surface area contributed by atoms with Gasteiger partial charge in [0.15, 0.2) is 0 Å². The maximum atomic E-state index is 15.1. The molecule has 0 spiro atoms. The molecule has 2 aliphatic carbocycles. The van der Waals surface area contributed by atoms with E-state index >= 15 is 4.79 Å². The Labute approximate surface area is 358 Å². The first-order valence-electron chi connectivity index (χ1n) is 19.6. The Kier molecular flexibility index (Phi) is 9.79. The van der Waals surface area contributed by atoms with Crippen molar-refractivity contribution in [2.45, 2.75) is 45.0 Å². The van der Waals surface area contributed by atoms with Crippen LogP contribution in [0.4, 0.5) is 37.8 Å². The van der Waals surface area contributed by atoms with Gasteiger partial charge in [0.2, 0.25) is 23.6 Å². The Balaban J connectivity index is 1.14. The Bertz CT molecular complexity index is 2730. The Morgan fingerprint density at radius 2 is 1.56 bits per heavy atom. The number of rotatable bonds is 7. The number of halogens is 7. The van der Waals surface area contributed by atoms with Gasteiger partial charge in [0.05, 0.1) is 51.5 Å². The molecule has 2 aliphatic heterocycles. The lowest BCUT2D eigenvalue weighted by Gasteiger charge is -2.49. The van der Waals surface area contributed by atoms with Crippen LogP contribution in [0.1, 0.15) is 47.9 Å². The lowest BCUT2D eigenvalue weighted by molar-refractivity contribution is -0.143. The number of nitrogens with zero attached hydrogens (tertiary/aromatic N) is 4. The van der Waals surface area contributed by atoms with Crippen LogP contribution in [0.2, 0.25) is 5.02 Å². The molecule has 4 heterocycles. The highest BCUT2D eigenvalue weighted by Crippen LogP contribution is 2.64. The average molecular weight is 897 g/mol. The summed E-state index contributed by atoms with van der Waals surface area (Å²) >= 11 is 7.76. The molecule has 1 saturated carbocycles. The predicted molar refractivity (Wildman–Crippen MR) is 216 cm³/mol. The standard InChI is InChI=1S/C44H35ClF6N4O6S/c1-20-29-17-24(45)6-11-33(29)62-37(20)32-19-34(53(3)52-32)55-39(58)31-18-30-27(36(42(31,2)41(55)60)21-4-7-26(8-5-21)61-13-12-56)9-10-28-35(30)40(59)54(38(28)57)25-15-22(43(46,47)48)14-23(16-25)44(49,50)51/h4-9,11,14-17,19,28,30-31,35-36,56H,10,12-13,18H2,1-3H3. The zero-order valence-electron chi connectivity index (χ0n) is 33.0. The number of carbonyl (C=O) groups excluding carboxylic acids is 4. The summed E-state index contributed by atoms with van der Waals surface area (Å²) in [5, 5.41) is 15.5. The Morgan fingerprint density at radius 3 is 2.21 bits per heavy atom. The van der Waals surface area contributed by atoms with Crippen LogP contribution in [0.15, 0.2) is 78.4 Å². The quantitative estimate of drug-likeness (QED) is 0.0983. The second kappa shape index (κ2) is 14.5. The fraction of sp³-hybridized carbons (Fsp3) is 0.341. The van der Waals surface area contributed by atoms with Crippen LogP contribution < -0.4 is 14.5 Å². The van der Waals surface area contributed by atoms with Crippen LogP contribution in [0.5, 0.6) is 5.75 Å². The number of aliphatic hydroxyl groups excluding tert-OH is 1. The van der Waals surface area contributed by atoms with E-state index in [1.165, 1.54) is 16.0 Å². The van der Waals surface area contributed by atoms with Gasteiger partial charge in [-0.2, -0.15) is 31.4 Å². The minimum Gasteiger partial charge on any atom is -0.491 e. The van der Waals surface area contributed by atoms with Gasteiger partial charge in [-0.05, 0) is 97.7 Å². The summed E-state index contributed by atoms with van der Waals surface area (Å²) in [5.74, 6) is -7.85. The third kappa shape index (κ3) is 6.36. The van der Waals surface area contributed by atoms with Crippen LogP contribution in [-0.2, 0) is 38.6 Å². The molecule has 0 bridgehead atoms. The number of aromatic nitrogens is 2. The van der Waals surface area contributed by atoms with Crippen LogP contribution in [0, 0.1) is 36.0 Å². The normalized spacial score (nSPS) is 25.1. The maximum Gasteiger partial charge on any atom is 0.416 e. The number of thiophene rings is 1. The Morgan fingerprint density at radius 1 is 0.887 bits per heavy atom. The summed E-state index contributed by atoms with van der Waals surface area (Å²) in [4.78, 5) is 60.9. The van der Waals surface area contributed by atoms with Gasteiger partial charge in [-0.3, -0.25) is 23.9 Å². The number of hydrogen-bond acceptors (Lipinski definition) is 8. The van der Waals surface area contributed by atoms with E-state index in [-0.39, 0.29) is 37.9 Å². The van der Waals surface area contributed by atoms with E-state index in [0.717, 1.165) is 25.4 Å². The molecule has 2 saturated heterocycles. The SMILES string of the molecule is Cc1c(-c2cc(N3C(=O)C4CC5C(=CCC6C(=O)N(c7cc(C(F)(F)F)cc(C(F)(F)F)c7)C(=O)C65)C(c5ccc(OCCO)cc5)C4(C)C3=O)n(C)n2)sc2ccc(Cl)cc12. The number of anilines is 2. The molecule has 4 aliphatic rings. The number of imide groups is 2. The van der Waals surface area contributed by atoms with Crippen molar-refractivity contribution in [3.63, 3.8) is 0 Å². The molecule has 62 heavy (non-hydrogen) atoms. The second-order valence-corrected chi connectivity index (χ2v) is 17.8. The molecule has 3 fully saturated rings. The van der Waals surface area contributed by atoms with E-state index < -0.39 is 87.8 Å². The topological polar surface area (TPSA) is 122 Å². The van der Waals surface area contributed by atoms with Gasteiger partial charge in [-0.25, -0.2) is 9.80 Å². The summed E-state index contributed by atoms with van der Waals surface area (Å²) < 4.78 is 91.6. The summed E-state index contributed by atoms with van der Waals surface area (Å²) in [5.41, 5.74) is -3.21. The number of aryl methyl sites for hydroxylation is 2. The number of benzene rings is 3. The first-order chi connectivity index (χ1) is 29.2. The van der Waals surface area contributed by atoms with Gasteiger partial charge in [0.25, 0.3) is 0 Å². The average Bonchev–Trinajstić information content (AvgIpc) is 3.89. The van der Waals surface area contributed by atoms with E-state index in [9.17, 15) is 45.8 Å². The zero-order valence-corrected chi connectivity index (χ0v) is 34.5. The molecular formula is C44H35ClF6N4O6S. The van der Waals surface area contributed by atoms with Gasteiger partial charge in [0.1, 0.15) is 23.9 Å². The molecule has 0 radical (unpaired) electrons. The highest BCUT2D eigenvalue weighted by atomic mass is 35.5. The maximum absolute atomic E-state index is 15.1. The third-order valence-corrected chi connectivity index (χ3v) is 14.4. The predicted octanol–water partition coefficient (Wildman–Crippen LogP) is 9.11. The van der Waals surface area contributed by atoms with E-state index in [0.29, 0.717) is 44.6 Å². The van der Waals surface area contributed by atoms with Crippen molar-refractivity contribution in [3.05, 3.63) is 106 Å². The molecule has 322 valence electrons. The highest BCUT2D eigenvalue weighted by molar-refractivity contribution is 7.22. The van der Waals surface area contributed by atoms with Crippen LogP contribution in [-0.4, -0.2) is 51.7 Å². The lowest BCUT2D eigenvalue weighted by atomic mass is 9.51. The molecule has 18 heteroatoms. The number of alkyl halides is 6. The lowest BCUT2D eigenvalue weighted by Crippen LogP contribution is -2.48. The van der Waals surface area contributed by atoms with Gasteiger partial charge in [-0.1, -0.05) is 35.4 Å². The summed E-state index contributed by atoms with van der Waals surface area (Å²) in [6.45, 7) is 3.36. The number of ether oxygens (including phenoxy) is 1. The van der Waals surface area contributed by atoms with Gasteiger partial charge in [-0.15, -0.1) is 11.3 Å². The number of hydrogen-bond donors (Lipinski definition) is 1. The molecule has 9 rings (SSSR count). The Hall–Kier alpha value is -5.52. The number of aliphatic hydroxyl groups is 1. The number of allylic oxidation sites excluding steroid dienone is 2. The highest BCUT2D eigenvalue weighted by Gasteiger charge is 2.68. The van der Waals surface area contributed by atoms with Crippen molar-refractivity contribution < 1.29 is 55.4 Å². The second-order valence-electron chi connectivity index (χ2n) is 16.3. The van der Waals surface area contributed by atoms with Gasteiger partial charge >= 0.3 is 12.4 Å². The van der Waals surface area contributed by atoms with Gasteiger partial charge < -0.3 is 9.84 Å². The molecule has 10 nitrogen and oxygen atoms in total. The fourth-order valence-corrected chi connectivity index (χ4v) is 11.4. The molecule has 5 aromatic rings. The minimum absolute atomic E-state index is 0.00521. The molecule has 3 aromatic carbocycles. The van der Waals surface area contributed by atoms with E-state index in [1.807, 2.05) is 19.1 Å². The van der Waals surface area contributed by atoms with Gasteiger partial charge in [0, 0.05) is 28.8 Å². The van der Waals surface area contributed by atoms with Crippen LogP contribution in [0.3, 0.4) is 0 Å². The van der Waals surface area contributed by atoms with Crippen molar-refractivity contribution in [2.24, 2.45) is 36.1 Å². The van der Waals surface area contributed by atoms with Crippen molar-refractivity contribution in [1.82, 2.24) is 9.78 Å². The molecule has 6 unspecified atom stereocenters. The van der Waals surface area contributed by atoms with Crippen LogP contribution >= 0.6 is 22.9 Å². The minimum atomic E-state index is -5.23.